The summed E-state index contributed by atoms with van der Waals surface area (Å²) in [6.07, 6.45) is 2.85. The van der Waals surface area contributed by atoms with Crippen molar-refractivity contribution in [1.82, 2.24) is 10.6 Å². The Hall–Kier alpha value is -0.770. The summed E-state index contributed by atoms with van der Waals surface area (Å²) in [5, 5.41) is 6.63. The van der Waals surface area contributed by atoms with Crippen molar-refractivity contribution in [1.29, 1.82) is 0 Å². The Morgan fingerprint density at radius 3 is 2.24 bits per heavy atom. The molecular formula is C17H34N2O2. The van der Waals surface area contributed by atoms with Gasteiger partial charge in [0.25, 0.3) is 0 Å². The molecule has 1 aliphatic rings. The predicted octanol–water partition coefficient (Wildman–Crippen LogP) is 3.70. The molecule has 2 N–H and O–H groups in total. The number of hydrogen-bond donors (Lipinski definition) is 2. The fourth-order valence-electron chi connectivity index (χ4n) is 2.42. The Bertz CT molecular complexity index is 342. The molecule has 0 aromatic rings. The second-order valence-electron chi connectivity index (χ2n) is 8.53. The van der Waals surface area contributed by atoms with E-state index in [-0.39, 0.29) is 12.1 Å². The lowest BCUT2D eigenvalue weighted by molar-refractivity contribution is 0.0505. The summed E-state index contributed by atoms with van der Waals surface area (Å²) in [5.74, 6) is 0.635. The van der Waals surface area contributed by atoms with E-state index in [2.05, 4.69) is 38.3 Å². The highest BCUT2D eigenvalue weighted by molar-refractivity contribution is 5.68. The maximum Gasteiger partial charge on any atom is 0.407 e. The number of rotatable bonds is 4. The number of nitrogens with one attached hydrogen (secondary N) is 2. The number of carbonyl (C=O) groups excluding carboxylic acids is 1. The number of carbonyl (C=O) groups is 1. The Balaban J connectivity index is 2.28. The van der Waals surface area contributed by atoms with Crippen molar-refractivity contribution in [3.8, 4) is 0 Å². The molecule has 0 bridgehead atoms. The van der Waals surface area contributed by atoms with Crippen LogP contribution in [0, 0.1) is 11.3 Å². The van der Waals surface area contributed by atoms with Crippen molar-refractivity contribution in [3.05, 3.63) is 0 Å². The van der Waals surface area contributed by atoms with E-state index in [9.17, 15) is 4.79 Å². The summed E-state index contributed by atoms with van der Waals surface area (Å²) < 4.78 is 5.31. The Labute approximate surface area is 130 Å². The first-order valence-corrected chi connectivity index (χ1v) is 8.20. The van der Waals surface area contributed by atoms with Crippen LogP contribution in [0.4, 0.5) is 4.79 Å². The summed E-state index contributed by atoms with van der Waals surface area (Å²) in [4.78, 5) is 11.8. The second-order valence-corrected chi connectivity index (χ2v) is 8.53. The lowest BCUT2D eigenvalue weighted by atomic mass is 9.82. The first kappa shape index (κ1) is 18.3. The molecule has 124 valence electrons. The third-order valence-electron chi connectivity index (χ3n) is 4.34. The molecule has 21 heavy (non-hydrogen) atoms. The third kappa shape index (κ3) is 7.16. The monoisotopic (exact) mass is 298 g/mol. The molecule has 4 nitrogen and oxygen atoms in total. The number of hydrogen-bond acceptors (Lipinski definition) is 3. The molecule has 1 rings (SSSR count). The van der Waals surface area contributed by atoms with Gasteiger partial charge in [-0.05, 0) is 57.9 Å². The smallest absolute Gasteiger partial charge is 0.407 e. The van der Waals surface area contributed by atoms with Crippen molar-refractivity contribution in [2.75, 3.05) is 6.54 Å². The highest BCUT2D eigenvalue weighted by Gasteiger charge is 2.28. The van der Waals surface area contributed by atoms with Crippen molar-refractivity contribution in [3.63, 3.8) is 0 Å². The molecule has 0 radical (unpaired) electrons. The van der Waals surface area contributed by atoms with E-state index in [0.29, 0.717) is 17.4 Å². The van der Waals surface area contributed by atoms with E-state index in [4.69, 9.17) is 4.74 Å². The van der Waals surface area contributed by atoms with Gasteiger partial charge in [-0.2, -0.15) is 0 Å². The first-order valence-electron chi connectivity index (χ1n) is 8.20. The molecule has 0 aliphatic heterocycles. The van der Waals surface area contributed by atoms with Crippen LogP contribution in [0.15, 0.2) is 0 Å². The van der Waals surface area contributed by atoms with Gasteiger partial charge < -0.3 is 15.4 Å². The van der Waals surface area contributed by atoms with Gasteiger partial charge in [-0.3, -0.25) is 0 Å². The van der Waals surface area contributed by atoms with E-state index >= 15 is 0 Å². The van der Waals surface area contributed by atoms with Crippen LogP contribution < -0.4 is 10.6 Å². The van der Waals surface area contributed by atoms with E-state index in [0.717, 1.165) is 25.8 Å². The molecule has 3 unspecified atom stereocenters. The van der Waals surface area contributed by atoms with Gasteiger partial charge in [0.2, 0.25) is 0 Å². The van der Waals surface area contributed by atoms with Crippen LogP contribution in [-0.4, -0.2) is 30.3 Å². The van der Waals surface area contributed by atoms with Crippen LogP contribution >= 0.6 is 0 Å². The summed E-state index contributed by atoms with van der Waals surface area (Å²) >= 11 is 0. The Morgan fingerprint density at radius 2 is 1.71 bits per heavy atom. The number of amides is 1. The van der Waals surface area contributed by atoms with Gasteiger partial charge in [0, 0.05) is 12.1 Å². The average molecular weight is 298 g/mol. The normalized spacial score (nSPS) is 24.7. The van der Waals surface area contributed by atoms with E-state index in [1.807, 2.05) is 20.8 Å². The number of ether oxygens (including phenoxy) is 1. The number of alkyl carbamates (subject to hydrolysis) is 1. The molecule has 0 saturated heterocycles. The van der Waals surface area contributed by atoms with Crippen molar-refractivity contribution >= 4 is 6.09 Å². The van der Waals surface area contributed by atoms with Gasteiger partial charge >= 0.3 is 6.09 Å². The third-order valence-corrected chi connectivity index (χ3v) is 4.34. The molecule has 0 aromatic heterocycles. The fraction of sp³-hybridized carbons (Fsp3) is 0.941. The minimum atomic E-state index is -0.428. The van der Waals surface area contributed by atoms with E-state index in [1.165, 1.54) is 0 Å². The van der Waals surface area contributed by atoms with E-state index in [1.54, 1.807) is 0 Å². The van der Waals surface area contributed by atoms with Crippen LogP contribution in [0.25, 0.3) is 0 Å². The zero-order valence-electron chi connectivity index (χ0n) is 14.9. The quantitative estimate of drug-likeness (QED) is 0.832. The predicted molar refractivity (Wildman–Crippen MR) is 87.4 cm³/mol. The molecule has 1 amide bonds. The second kappa shape index (κ2) is 6.99. The molecular weight excluding hydrogens is 264 g/mol. The van der Waals surface area contributed by atoms with Crippen molar-refractivity contribution in [2.45, 2.75) is 85.4 Å². The lowest BCUT2D eigenvalue weighted by Crippen LogP contribution is -2.40. The minimum Gasteiger partial charge on any atom is -0.444 e. The maximum atomic E-state index is 11.8. The summed E-state index contributed by atoms with van der Waals surface area (Å²) in [6.45, 7) is 15.8. The SMILES string of the molecule is CC(CNC1CCC(NC(=O)OC(C)(C)C)C1)C(C)(C)C. The fourth-order valence-corrected chi connectivity index (χ4v) is 2.42. The summed E-state index contributed by atoms with van der Waals surface area (Å²) in [7, 11) is 0. The lowest BCUT2D eigenvalue weighted by Gasteiger charge is -2.28. The highest BCUT2D eigenvalue weighted by atomic mass is 16.6. The highest BCUT2D eigenvalue weighted by Crippen LogP contribution is 2.26. The molecule has 4 heteroatoms. The molecule has 3 atom stereocenters. The molecule has 1 fully saturated rings. The Morgan fingerprint density at radius 1 is 1.14 bits per heavy atom. The topological polar surface area (TPSA) is 50.4 Å². The van der Waals surface area contributed by atoms with Crippen LogP contribution in [0.1, 0.15) is 67.7 Å². The van der Waals surface area contributed by atoms with Crippen molar-refractivity contribution < 1.29 is 9.53 Å². The van der Waals surface area contributed by atoms with E-state index < -0.39 is 5.60 Å². The van der Waals surface area contributed by atoms with Gasteiger partial charge in [0.05, 0.1) is 0 Å². The zero-order chi connectivity index (χ0) is 16.3. The van der Waals surface area contributed by atoms with Crippen molar-refractivity contribution in [2.24, 2.45) is 11.3 Å². The van der Waals surface area contributed by atoms with Crippen LogP contribution in [-0.2, 0) is 4.74 Å². The minimum absolute atomic E-state index is 0.238. The van der Waals surface area contributed by atoms with Gasteiger partial charge in [-0.1, -0.05) is 27.7 Å². The van der Waals surface area contributed by atoms with Gasteiger partial charge in [-0.25, -0.2) is 4.79 Å². The Kier molecular flexibility index (Phi) is 6.09. The van der Waals surface area contributed by atoms with Gasteiger partial charge in [0.15, 0.2) is 0 Å². The van der Waals surface area contributed by atoms with Gasteiger partial charge in [-0.15, -0.1) is 0 Å². The molecule has 0 aromatic carbocycles. The van der Waals surface area contributed by atoms with Crippen LogP contribution in [0.2, 0.25) is 0 Å². The average Bonchev–Trinajstić information content (AvgIpc) is 2.69. The van der Waals surface area contributed by atoms with Crippen LogP contribution in [0.5, 0.6) is 0 Å². The molecule has 0 spiro atoms. The zero-order valence-corrected chi connectivity index (χ0v) is 14.9. The van der Waals surface area contributed by atoms with Gasteiger partial charge in [0.1, 0.15) is 5.60 Å². The standard InChI is InChI=1S/C17H34N2O2/c1-12(16(2,3)4)11-18-13-8-9-14(10-13)19-15(20)21-17(5,6)7/h12-14,18H,8-11H2,1-7H3,(H,19,20). The largest absolute Gasteiger partial charge is 0.444 e. The maximum absolute atomic E-state index is 11.8. The molecule has 1 saturated carbocycles. The summed E-state index contributed by atoms with van der Waals surface area (Å²) in [5.41, 5.74) is -0.0950. The molecule has 0 heterocycles. The summed E-state index contributed by atoms with van der Waals surface area (Å²) in [6, 6.07) is 0.747. The van der Waals surface area contributed by atoms with Crippen LogP contribution in [0.3, 0.4) is 0 Å². The molecule has 1 aliphatic carbocycles. The first-order chi connectivity index (χ1) is 9.47.